The van der Waals surface area contributed by atoms with E-state index in [-0.39, 0.29) is 23.3 Å². The molecular weight excluding hydrogens is 282 g/mol. The fourth-order valence-electron chi connectivity index (χ4n) is 3.47. The number of sulfonamides is 1. The molecule has 1 aromatic rings. The predicted molar refractivity (Wildman–Crippen MR) is 69.5 cm³/mol. The van der Waals surface area contributed by atoms with Crippen LogP contribution in [0.15, 0.2) is 11.1 Å². The molecule has 0 radical (unpaired) electrons. The van der Waals surface area contributed by atoms with Gasteiger partial charge in [-0.3, -0.25) is 9.48 Å². The molecule has 2 saturated heterocycles. The molecular formula is C12H17N3O4S. The number of hydrogen-bond acceptors (Lipinski definition) is 4. The number of aromatic nitrogens is 2. The average molecular weight is 299 g/mol. The van der Waals surface area contributed by atoms with Gasteiger partial charge in [0.2, 0.25) is 10.0 Å². The molecule has 2 aliphatic heterocycles. The highest BCUT2D eigenvalue weighted by Crippen LogP contribution is 2.57. The Labute approximate surface area is 117 Å². The van der Waals surface area contributed by atoms with E-state index in [0.29, 0.717) is 12.1 Å². The highest BCUT2D eigenvalue weighted by atomic mass is 32.2. The van der Waals surface area contributed by atoms with Crippen LogP contribution in [-0.4, -0.2) is 45.7 Å². The summed E-state index contributed by atoms with van der Waals surface area (Å²) in [6, 6.07) is 0. The van der Waals surface area contributed by atoms with Gasteiger partial charge in [0, 0.05) is 13.6 Å². The second-order valence-electron chi connectivity index (χ2n) is 5.74. The zero-order valence-electron chi connectivity index (χ0n) is 11.6. The number of aryl methyl sites for hydroxylation is 1. The van der Waals surface area contributed by atoms with E-state index in [1.165, 1.54) is 15.2 Å². The fourth-order valence-corrected chi connectivity index (χ4v) is 5.53. The minimum absolute atomic E-state index is 0.0976. The van der Waals surface area contributed by atoms with Crippen molar-refractivity contribution in [3.8, 4) is 0 Å². The molecule has 3 atom stereocenters. The van der Waals surface area contributed by atoms with Crippen LogP contribution in [-0.2, 0) is 21.9 Å². The summed E-state index contributed by atoms with van der Waals surface area (Å²) in [6.07, 6.45) is 1.70. The van der Waals surface area contributed by atoms with Crippen molar-refractivity contribution in [3.05, 3.63) is 11.9 Å². The molecule has 8 heteroatoms. The molecule has 3 heterocycles. The summed E-state index contributed by atoms with van der Waals surface area (Å²) in [6.45, 7) is 3.76. The number of carboxylic acids is 1. The van der Waals surface area contributed by atoms with Crippen molar-refractivity contribution >= 4 is 16.0 Å². The molecule has 0 amide bonds. The van der Waals surface area contributed by atoms with Gasteiger partial charge >= 0.3 is 5.97 Å². The van der Waals surface area contributed by atoms with Crippen LogP contribution < -0.4 is 0 Å². The summed E-state index contributed by atoms with van der Waals surface area (Å²) in [4.78, 5) is 11.7. The van der Waals surface area contributed by atoms with Gasteiger partial charge in [0.15, 0.2) is 0 Å². The first kappa shape index (κ1) is 13.6. The molecule has 1 aromatic heterocycles. The van der Waals surface area contributed by atoms with Crippen molar-refractivity contribution in [1.29, 1.82) is 0 Å². The maximum atomic E-state index is 12.8. The van der Waals surface area contributed by atoms with Crippen molar-refractivity contribution in [3.63, 3.8) is 0 Å². The van der Waals surface area contributed by atoms with E-state index in [2.05, 4.69) is 5.10 Å². The number of carboxylic acid groups (broad SMARTS) is 1. The van der Waals surface area contributed by atoms with Crippen LogP contribution in [0, 0.1) is 18.8 Å². The Bertz CT molecular complexity index is 696. The van der Waals surface area contributed by atoms with E-state index in [9.17, 15) is 18.3 Å². The maximum absolute atomic E-state index is 12.8. The number of carbonyl (C=O) groups is 1. The lowest BCUT2D eigenvalue weighted by atomic mass is 9.64. The minimum Gasteiger partial charge on any atom is -0.480 e. The Hall–Kier alpha value is -1.41. The molecule has 110 valence electrons. The molecule has 3 aliphatic rings. The summed E-state index contributed by atoms with van der Waals surface area (Å²) in [5, 5.41) is 13.5. The van der Waals surface area contributed by atoms with Crippen molar-refractivity contribution in [2.45, 2.75) is 30.7 Å². The van der Waals surface area contributed by atoms with Crippen LogP contribution in [0.1, 0.15) is 19.0 Å². The van der Waals surface area contributed by atoms with E-state index < -0.39 is 21.5 Å². The number of rotatable bonds is 3. The van der Waals surface area contributed by atoms with Gasteiger partial charge in [-0.2, -0.15) is 9.40 Å². The van der Waals surface area contributed by atoms with Crippen LogP contribution >= 0.6 is 0 Å². The lowest BCUT2D eigenvalue weighted by molar-refractivity contribution is -0.154. The normalized spacial score (nSPS) is 33.1. The molecule has 1 aliphatic carbocycles. The standard InChI is InChI=1S/C12H17N3O4S/c1-7-9-4-12(7,11(16)17)15(6-9)20(18,19)10-5-13-14(3)8(10)2/h5,7,9H,4,6H2,1-3H3,(H,16,17)/t7-,9+,12+/m1/s1. The third-order valence-corrected chi connectivity index (χ3v) is 7.02. The van der Waals surface area contributed by atoms with Gasteiger partial charge in [-0.25, -0.2) is 8.42 Å². The minimum atomic E-state index is -3.82. The van der Waals surface area contributed by atoms with Crippen LogP contribution in [0.25, 0.3) is 0 Å². The first-order valence-corrected chi connectivity index (χ1v) is 7.91. The van der Waals surface area contributed by atoms with E-state index >= 15 is 0 Å². The number of fused-ring (bicyclic) bond motifs is 1. The predicted octanol–water partition coefficient (Wildman–Crippen LogP) is 0.212. The maximum Gasteiger partial charge on any atom is 0.325 e. The third kappa shape index (κ3) is 1.35. The molecule has 1 N–H and O–H groups in total. The van der Waals surface area contributed by atoms with Crippen molar-refractivity contribution in [2.24, 2.45) is 18.9 Å². The van der Waals surface area contributed by atoms with Crippen LogP contribution in [0.5, 0.6) is 0 Å². The van der Waals surface area contributed by atoms with Gasteiger partial charge < -0.3 is 5.11 Å². The summed E-state index contributed by atoms with van der Waals surface area (Å²) < 4.78 is 28.2. The van der Waals surface area contributed by atoms with Crippen LogP contribution in [0.3, 0.4) is 0 Å². The summed E-state index contributed by atoms with van der Waals surface area (Å²) in [5.41, 5.74) is -0.756. The summed E-state index contributed by atoms with van der Waals surface area (Å²) in [7, 11) is -2.16. The Balaban J connectivity index is 2.10. The highest BCUT2D eigenvalue weighted by molar-refractivity contribution is 7.89. The molecule has 0 unspecified atom stereocenters. The quantitative estimate of drug-likeness (QED) is 0.861. The summed E-state index contributed by atoms with van der Waals surface area (Å²) >= 11 is 0. The zero-order chi connectivity index (χ0) is 14.9. The second-order valence-corrected chi connectivity index (χ2v) is 7.57. The SMILES string of the molecule is Cc1c(S(=O)(=O)N2C[C@@H]3C[C@@]2(C(=O)O)[C@@H]3C)cnn1C. The smallest absolute Gasteiger partial charge is 0.325 e. The Morgan fingerprint density at radius 2 is 2.20 bits per heavy atom. The number of nitrogens with zero attached hydrogens (tertiary/aromatic N) is 3. The third-order valence-electron chi connectivity index (χ3n) is 5.01. The molecule has 7 nitrogen and oxygen atoms in total. The molecule has 4 rings (SSSR count). The molecule has 1 saturated carbocycles. The summed E-state index contributed by atoms with van der Waals surface area (Å²) in [5.74, 6) is -1.06. The topological polar surface area (TPSA) is 92.5 Å². The van der Waals surface area contributed by atoms with Gasteiger partial charge in [0.1, 0.15) is 10.4 Å². The first-order chi connectivity index (χ1) is 9.22. The van der Waals surface area contributed by atoms with Gasteiger partial charge in [-0.15, -0.1) is 0 Å². The lowest BCUT2D eigenvalue weighted by Crippen LogP contribution is -2.59. The molecule has 0 aromatic carbocycles. The number of aliphatic carboxylic acids is 1. The molecule has 2 bridgehead atoms. The molecule has 20 heavy (non-hydrogen) atoms. The van der Waals surface area contributed by atoms with E-state index in [0.717, 1.165) is 0 Å². The number of hydrogen-bond donors (Lipinski definition) is 1. The monoisotopic (exact) mass is 299 g/mol. The van der Waals surface area contributed by atoms with Crippen LogP contribution in [0.4, 0.5) is 0 Å². The van der Waals surface area contributed by atoms with Gasteiger partial charge in [0.25, 0.3) is 0 Å². The fraction of sp³-hybridized carbons (Fsp3) is 0.667. The molecule has 0 spiro atoms. The van der Waals surface area contributed by atoms with E-state index in [4.69, 9.17) is 0 Å². The van der Waals surface area contributed by atoms with Crippen molar-refractivity contribution < 1.29 is 18.3 Å². The van der Waals surface area contributed by atoms with Crippen molar-refractivity contribution in [2.75, 3.05) is 6.54 Å². The largest absolute Gasteiger partial charge is 0.480 e. The van der Waals surface area contributed by atoms with Gasteiger partial charge in [-0.05, 0) is 25.2 Å². The Kier molecular flexibility index (Phi) is 2.59. The highest BCUT2D eigenvalue weighted by Gasteiger charge is 2.70. The zero-order valence-corrected chi connectivity index (χ0v) is 12.4. The Morgan fingerprint density at radius 3 is 2.65 bits per heavy atom. The molecule has 3 fully saturated rings. The van der Waals surface area contributed by atoms with E-state index in [1.807, 2.05) is 6.92 Å². The average Bonchev–Trinajstić information content (AvgIpc) is 3.00. The van der Waals surface area contributed by atoms with Crippen molar-refractivity contribution in [1.82, 2.24) is 14.1 Å². The lowest BCUT2D eigenvalue weighted by Gasteiger charge is -2.43. The Morgan fingerprint density at radius 1 is 1.55 bits per heavy atom. The van der Waals surface area contributed by atoms with Crippen LogP contribution in [0.2, 0.25) is 0 Å². The van der Waals surface area contributed by atoms with E-state index in [1.54, 1.807) is 14.0 Å². The first-order valence-electron chi connectivity index (χ1n) is 6.47. The second kappa shape index (κ2) is 3.82. The van der Waals surface area contributed by atoms with Gasteiger partial charge in [0.05, 0.1) is 11.9 Å². The van der Waals surface area contributed by atoms with Gasteiger partial charge in [-0.1, -0.05) is 6.92 Å².